The predicted molar refractivity (Wildman–Crippen MR) is 94.2 cm³/mol. The molecule has 2 aromatic rings. The van der Waals surface area contributed by atoms with E-state index in [1.54, 1.807) is 19.5 Å². The van der Waals surface area contributed by atoms with Crippen molar-refractivity contribution in [1.29, 1.82) is 0 Å². The van der Waals surface area contributed by atoms with Gasteiger partial charge in [-0.25, -0.2) is 0 Å². The SMILES string of the molecule is COc1ccccc1N1CCC(N(C)C(C)c2ccncc2)C1=O. The molecule has 1 fully saturated rings. The van der Waals surface area contributed by atoms with E-state index >= 15 is 0 Å². The summed E-state index contributed by atoms with van der Waals surface area (Å²) in [4.78, 5) is 21.0. The van der Waals surface area contributed by atoms with E-state index in [-0.39, 0.29) is 18.0 Å². The standard InChI is InChI=1S/C19H23N3O2/c1-14(15-8-11-20-12-9-15)21(2)17-10-13-22(19(17)23)16-6-4-5-7-18(16)24-3/h4-9,11-12,14,17H,10,13H2,1-3H3. The van der Waals surface area contributed by atoms with Crippen LogP contribution in [0.4, 0.5) is 5.69 Å². The fraction of sp³-hybridized carbons (Fsp3) is 0.368. The number of aromatic nitrogens is 1. The molecule has 0 spiro atoms. The van der Waals surface area contributed by atoms with E-state index in [1.165, 1.54) is 0 Å². The summed E-state index contributed by atoms with van der Waals surface area (Å²) in [6.45, 7) is 2.83. The van der Waals surface area contributed by atoms with Crippen LogP contribution in [0.5, 0.6) is 5.75 Å². The molecule has 1 saturated heterocycles. The summed E-state index contributed by atoms with van der Waals surface area (Å²) in [5.74, 6) is 0.860. The summed E-state index contributed by atoms with van der Waals surface area (Å²) in [5, 5.41) is 0. The molecule has 0 aliphatic carbocycles. The Hall–Kier alpha value is -2.40. The monoisotopic (exact) mass is 325 g/mol. The molecule has 0 bridgehead atoms. The Balaban J connectivity index is 1.79. The maximum atomic E-state index is 13.0. The zero-order chi connectivity index (χ0) is 17.1. The van der Waals surface area contributed by atoms with E-state index in [2.05, 4.69) is 16.8 Å². The van der Waals surface area contributed by atoms with Gasteiger partial charge in [-0.15, -0.1) is 0 Å². The number of anilines is 1. The minimum Gasteiger partial charge on any atom is -0.495 e. The van der Waals surface area contributed by atoms with Crippen LogP contribution in [0.1, 0.15) is 24.9 Å². The van der Waals surface area contributed by atoms with Gasteiger partial charge in [0.15, 0.2) is 0 Å². The molecule has 0 radical (unpaired) electrons. The molecule has 5 nitrogen and oxygen atoms in total. The zero-order valence-corrected chi connectivity index (χ0v) is 14.3. The molecule has 24 heavy (non-hydrogen) atoms. The molecule has 1 aromatic carbocycles. The van der Waals surface area contributed by atoms with E-state index in [9.17, 15) is 4.79 Å². The number of hydrogen-bond acceptors (Lipinski definition) is 4. The maximum absolute atomic E-state index is 13.0. The van der Waals surface area contributed by atoms with Crippen LogP contribution in [0.3, 0.4) is 0 Å². The third kappa shape index (κ3) is 2.99. The topological polar surface area (TPSA) is 45.7 Å². The number of pyridine rings is 1. The lowest BCUT2D eigenvalue weighted by Gasteiger charge is -2.30. The molecule has 1 aromatic heterocycles. The van der Waals surface area contributed by atoms with Crippen LogP contribution in [0, 0.1) is 0 Å². The third-order valence-corrected chi connectivity index (χ3v) is 4.84. The van der Waals surface area contributed by atoms with E-state index in [0.717, 1.165) is 23.4 Å². The fourth-order valence-corrected chi connectivity index (χ4v) is 3.28. The van der Waals surface area contributed by atoms with Gasteiger partial charge < -0.3 is 9.64 Å². The van der Waals surface area contributed by atoms with Crippen LogP contribution in [0.2, 0.25) is 0 Å². The highest BCUT2D eigenvalue weighted by atomic mass is 16.5. The van der Waals surface area contributed by atoms with Gasteiger partial charge in [-0.3, -0.25) is 14.7 Å². The fourth-order valence-electron chi connectivity index (χ4n) is 3.28. The Morgan fingerprint density at radius 1 is 1.25 bits per heavy atom. The van der Waals surface area contributed by atoms with Gasteiger partial charge in [-0.05, 0) is 50.2 Å². The number of nitrogens with zero attached hydrogens (tertiary/aromatic N) is 3. The molecule has 126 valence electrons. The zero-order valence-electron chi connectivity index (χ0n) is 14.3. The smallest absolute Gasteiger partial charge is 0.244 e. The van der Waals surface area contributed by atoms with Gasteiger partial charge in [0.2, 0.25) is 5.91 Å². The first kappa shape index (κ1) is 16.5. The molecule has 3 rings (SSSR count). The lowest BCUT2D eigenvalue weighted by Crippen LogP contribution is -2.41. The average molecular weight is 325 g/mol. The number of carbonyl (C=O) groups is 1. The lowest BCUT2D eigenvalue weighted by molar-refractivity contribution is -0.121. The van der Waals surface area contributed by atoms with Crippen LogP contribution < -0.4 is 9.64 Å². The number of methoxy groups -OCH3 is 1. The molecule has 1 aliphatic heterocycles. The molecule has 2 heterocycles. The number of rotatable bonds is 5. The van der Waals surface area contributed by atoms with Gasteiger partial charge in [0, 0.05) is 25.0 Å². The minimum atomic E-state index is -0.127. The number of amides is 1. The number of benzene rings is 1. The number of para-hydroxylation sites is 2. The van der Waals surface area contributed by atoms with Crippen LogP contribution in [-0.2, 0) is 4.79 Å². The summed E-state index contributed by atoms with van der Waals surface area (Å²) < 4.78 is 5.40. The molecule has 1 amide bonds. The van der Waals surface area contributed by atoms with Gasteiger partial charge >= 0.3 is 0 Å². The normalized spacial score (nSPS) is 18.9. The van der Waals surface area contributed by atoms with Gasteiger partial charge in [0.1, 0.15) is 5.75 Å². The molecule has 0 N–H and O–H groups in total. The molecular formula is C19H23N3O2. The van der Waals surface area contributed by atoms with Crippen molar-refractivity contribution in [2.75, 3.05) is 25.6 Å². The number of ether oxygens (including phenoxy) is 1. The largest absolute Gasteiger partial charge is 0.495 e. The average Bonchev–Trinajstić information content (AvgIpc) is 3.02. The minimum absolute atomic E-state index is 0.127. The van der Waals surface area contributed by atoms with Gasteiger partial charge in [0.25, 0.3) is 0 Å². The van der Waals surface area contributed by atoms with Crippen molar-refractivity contribution in [3.63, 3.8) is 0 Å². The molecular weight excluding hydrogens is 302 g/mol. The first-order valence-corrected chi connectivity index (χ1v) is 8.19. The lowest BCUT2D eigenvalue weighted by atomic mass is 10.1. The number of hydrogen-bond donors (Lipinski definition) is 0. The van der Waals surface area contributed by atoms with Crippen molar-refractivity contribution in [3.8, 4) is 5.75 Å². The summed E-state index contributed by atoms with van der Waals surface area (Å²) >= 11 is 0. The van der Waals surface area contributed by atoms with Crippen LogP contribution in [-0.4, -0.2) is 42.5 Å². The highest BCUT2D eigenvalue weighted by molar-refractivity contribution is 6.00. The molecule has 5 heteroatoms. The highest BCUT2D eigenvalue weighted by Crippen LogP contribution is 2.33. The third-order valence-electron chi connectivity index (χ3n) is 4.84. The number of carbonyl (C=O) groups excluding carboxylic acids is 1. The molecule has 1 aliphatic rings. The maximum Gasteiger partial charge on any atom is 0.244 e. The Kier molecular flexibility index (Phi) is 4.81. The van der Waals surface area contributed by atoms with E-state index in [1.807, 2.05) is 48.3 Å². The van der Waals surface area contributed by atoms with Crippen molar-refractivity contribution in [1.82, 2.24) is 9.88 Å². The van der Waals surface area contributed by atoms with Gasteiger partial charge in [-0.1, -0.05) is 12.1 Å². The summed E-state index contributed by atoms with van der Waals surface area (Å²) in [6, 6.07) is 11.7. The number of likely N-dealkylation sites (N-methyl/N-ethyl adjacent to an activating group) is 1. The summed E-state index contributed by atoms with van der Waals surface area (Å²) in [6.07, 6.45) is 4.39. The van der Waals surface area contributed by atoms with E-state index in [4.69, 9.17) is 4.74 Å². The Morgan fingerprint density at radius 3 is 2.67 bits per heavy atom. The van der Waals surface area contributed by atoms with Crippen molar-refractivity contribution in [2.45, 2.75) is 25.4 Å². The predicted octanol–water partition coefficient (Wildman–Crippen LogP) is 2.89. The molecule has 0 saturated carbocycles. The second-order valence-electron chi connectivity index (χ2n) is 6.09. The van der Waals surface area contributed by atoms with Crippen LogP contribution in [0.25, 0.3) is 0 Å². The van der Waals surface area contributed by atoms with E-state index < -0.39 is 0 Å². The first-order valence-electron chi connectivity index (χ1n) is 8.19. The second-order valence-corrected chi connectivity index (χ2v) is 6.09. The highest BCUT2D eigenvalue weighted by Gasteiger charge is 2.37. The summed E-state index contributed by atoms with van der Waals surface area (Å²) in [7, 11) is 3.65. The first-order chi connectivity index (χ1) is 11.6. The second kappa shape index (κ2) is 7.01. The quantitative estimate of drug-likeness (QED) is 0.848. The summed E-state index contributed by atoms with van der Waals surface area (Å²) in [5.41, 5.74) is 2.01. The van der Waals surface area contributed by atoms with Crippen molar-refractivity contribution in [3.05, 3.63) is 54.4 Å². The Bertz CT molecular complexity index is 705. The van der Waals surface area contributed by atoms with Crippen LogP contribution >= 0.6 is 0 Å². The van der Waals surface area contributed by atoms with Crippen molar-refractivity contribution >= 4 is 11.6 Å². The molecule has 2 unspecified atom stereocenters. The van der Waals surface area contributed by atoms with E-state index in [0.29, 0.717) is 6.54 Å². The molecule has 2 atom stereocenters. The van der Waals surface area contributed by atoms with Crippen LogP contribution in [0.15, 0.2) is 48.8 Å². The van der Waals surface area contributed by atoms with Gasteiger partial charge in [-0.2, -0.15) is 0 Å². The van der Waals surface area contributed by atoms with Crippen molar-refractivity contribution < 1.29 is 9.53 Å². The van der Waals surface area contributed by atoms with Gasteiger partial charge in [0.05, 0.1) is 18.8 Å². The van der Waals surface area contributed by atoms with Crippen molar-refractivity contribution in [2.24, 2.45) is 0 Å². The Morgan fingerprint density at radius 2 is 1.96 bits per heavy atom. The Labute approximate surface area is 142 Å².